The van der Waals surface area contributed by atoms with Crippen LogP contribution in [0.3, 0.4) is 0 Å². The second-order valence-electron chi connectivity index (χ2n) is 3.11. The number of hydrogen-bond acceptors (Lipinski definition) is 3. The molecule has 1 rings (SSSR count). The fourth-order valence-corrected chi connectivity index (χ4v) is 2.00. The third-order valence-corrected chi connectivity index (χ3v) is 2.87. The highest BCUT2D eigenvalue weighted by Crippen LogP contribution is 2.27. The maximum atomic E-state index is 9.78. The number of aliphatic hydroxyl groups excluding tert-OH is 1. The summed E-state index contributed by atoms with van der Waals surface area (Å²) in [7, 11) is 0. The minimum absolute atomic E-state index is 0.322. The largest absolute Gasteiger partial charge is 0.387 e. The first-order valence-corrected chi connectivity index (χ1v) is 5.20. The Bertz CT molecular complexity index is 210. The van der Waals surface area contributed by atoms with Gasteiger partial charge in [-0.2, -0.15) is 0 Å². The lowest BCUT2D eigenvalue weighted by molar-refractivity contribution is 0.115. The zero-order valence-corrected chi connectivity index (χ0v) is 8.34. The molecular weight excluding hydrogens is 170 g/mol. The fourth-order valence-electron chi connectivity index (χ4n) is 1.27. The molecule has 0 aliphatic heterocycles. The highest BCUT2D eigenvalue weighted by atomic mass is 32.1. The first-order chi connectivity index (χ1) is 5.75. The van der Waals surface area contributed by atoms with Crippen molar-refractivity contribution < 1.29 is 5.11 Å². The molecule has 68 valence electrons. The van der Waals surface area contributed by atoms with Gasteiger partial charge in [0.2, 0.25) is 0 Å². The van der Waals surface area contributed by atoms with Crippen molar-refractivity contribution in [1.82, 2.24) is 4.98 Å². The van der Waals surface area contributed by atoms with Crippen LogP contribution in [0.15, 0.2) is 11.7 Å². The van der Waals surface area contributed by atoms with Gasteiger partial charge >= 0.3 is 0 Å². The standard InChI is InChI=1S/C9H15NOS/c1-3-4-7(2)9(11)8-5-10-6-12-8/h5-7,9,11H,3-4H2,1-2H3. The summed E-state index contributed by atoms with van der Waals surface area (Å²) in [5, 5.41) is 9.78. The van der Waals surface area contributed by atoms with Crippen molar-refractivity contribution in [2.24, 2.45) is 5.92 Å². The third kappa shape index (κ3) is 2.29. The van der Waals surface area contributed by atoms with Gasteiger partial charge in [0, 0.05) is 6.20 Å². The first-order valence-electron chi connectivity index (χ1n) is 4.32. The number of thiazole rings is 1. The van der Waals surface area contributed by atoms with Crippen LogP contribution in [-0.4, -0.2) is 10.1 Å². The number of rotatable bonds is 4. The monoisotopic (exact) mass is 185 g/mol. The second-order valence-corrected chi connectivity index (χ2v) is 4.03. The Balaban J connectivity index is 2.53. The molecule has 0 amide bonds. The number of aliphatic hydroxyl groups is 1. The fraction of sp³-hybridized carbons (Fsp3) is 0.667. The van der Waals surface area contributed by atoms with Crippen LogP contribution in [0.4, 0.5) is 0 Å². The number of nitrogens with zero attached hydrogens (tertiary/aromatic N) is 1. The van der Waals surface area contributed by atoms with E-state index in [9.17, 15) is 5.11 Å². The molecule has 0 saturated carbocycles. The minimum Gasteiger partial charge on any atom is -0.387 e. The van der Waals surface area contributed by atoms with E-state index in [2.05, 4.69) is 18.8 Å². The van der Waals surface area contributed by atoms with Gasteiger partial charge in [-0.05, 0) is 12.3 Å². The normalized spacial score (nSPS) is 15.9. The SMILES string of the molecule is CCCC(C)C(O)c1cncs1. The van der Waals surface area contributed by atoms with E-state index >= 15 is 0 Å². The summed E-state index contributed by atoms with van der Waals surface area (Å²) in [4.78, 5) is 4.93. The van der Waals surface area contributed by atoms with Gasteiger partial charge < -0.3 is 5.11 Å². The Labute approximate surface area is 77.3 Å². The lowest BCUT2D eigenvalue weighted by Crippen LogP contribution is -2.07. The zero-order chi connectivity index (χ0) is 8.97. The molecule has 1 N–H and O–H groups in total. The molecule has 3 heteroatoms. The molecule has 1 heterocycles. The molecular formula is C9H15NOS. The maximum absolute atomic E-state index is 9.78. The summed E-state index contributed by atoms with van der Waals surface area (Å²) >= 11 is 1.52. The van der Waals surface area contributed by atoms with Gasteiger partial charge in [-0.15, -0.1) is 11.3 Å². The van der Waals surface area contributed by atoms with E-state index in [0.717, 1.165) is 17.7 Å². The van der Waals surface area contributed by atoms with Gasteiger partial charge in [0.1, 0.15) is 0 Å². The van der Waals surface area contributed by atoms with E-state index < -0.39 is 0 Å². The lowest BCUT2D eigenvalue weighted by atomic mass is 9.99. The van der Waals surface area contributed by atoms with Crippen LogP contribution >= 0.6 is 11.3 Å². The van der Waals surface area contributed by atoms with Crippen molar-refractivity contribution in [3.63, 3.8) is 0 Å². The van der Waals surface area contributed by atoms with Crippen LogP contribution in [-0.2, 0) is 0 Å². The molecule has 12 heavy (non-hydrogen) atoms. The van der Waals surface area contributed by atoms with Crippen LogP contribution in [0.2, 0.25) is 0 Å². The minimum atomic E-state index is -0.322. The van der Waals surface area contributed by atoms with Crippen LogP contribution in [0, 0.1) is 5.92 Å². The number of aromatic nitrogens is 1. The average molecular weight is 185 g/mol. The van der Waals surface area contributed by atoms with Gasteiger partial charge in [0.15, 0.2) is 0 Å². The van der Waals surface area contributed by atoms with Gasteiger partial charge in [0.05, 0.1) is 16.5 Å². The van der Waals surface area contributed by atoms with Crippen molar-refractivity contribution in [3.8, 4) is 0 Å². The Morgan fingerprint density at radius 1 is 1.67 bits per heavy atom. The summed E-state index contributed by atoms with van der Waals surface area (Å²) < 4.78 is 0. The quantitative estimate of drug-likeness (QED) is 0.782. The molecule has 0 aromatic carbocycles. The van der Waals surface area contributed by atoms with E-state index in [1.165, 1.54) is 11.3 Å². The zero-order valence-electron chi connectivity index (χ0n) is 7.53. The van der Waals surface area contributed by atoms with Gasteiger partial charge in [0.25, 0.3) is 0 Å². The van der Waals surface area contributed by atoms with Gasteiger partial charge in [-0.1, -0.05) is 20.3 Å². The first kappa shape index (κ1) is 9.68. The van der Waals surface area contributed by atoms with Crippen LogP contribution < -0.4 is 0 Å². The van der Waals surface area contributed by atoms with E-state index in [4.69, 9.17) is 0 Å². The Hall–Kier alpha value is -0.410. The molecule has 0 spiro atoms. The molecule has 0 bridgehead atoms. The molecule has 1 aromatic heterocycles. The van der Waals surface area contributed by atoms with Crippen molar-refractivity contribution in [2.75, 3.05) is 0 Å². The molecule has 2 nitrogen and oxygen atoms in total. The highest BCUT2D eigenvalue weighted by molar-refractivity contribution is 7.09. The molecule has 0 saturated heterocycles. The summed E-state index contributed by atoms with van der Waals surface area (Å²) in [6.07, 6.45) is 3.62. The average Bonchev–Trinajstić information content (AvgIpc) is 2.55. The van der Waals surface area contributed by atoms with Crippen molar-refractivity contribution >= 4 is 11.3 Å². The van der Waals surface area contributed by atoms with Crippen molar-refractivity contribution in [3.05, 3.63) is 16.6 Å². The molecule has 0 radical (unpaired) electrons. The van der Waals surface area contributed by atoms with Gasteiger partial charge in [-0.3, -0.25) is 4.98 Å². The maximum Gasteiger partial charge on any atom is 0.0923 e. The van der Waals surface area contributed by atoms with Gasteiger partial charge in [-0.25, -0.2) is 0 Å². The highest BCUT2D eigenvalue weighted by Gasteiger charge is 2.16. The molecule has 2 atom stereocenters. The predicted molar refractivity (Wildman–Crippen MR) is 51.1 cm³/mol. The van der Waals surface area contributed by atoms with Crippen LogP contribution in [0.5, 0.6) is 0 Å². The third-order valence-electron chi connectivity index (χ3n) is 2.03. The lowest BCUT2D eigenvalue weighted by Gasteiger charge is -2.15. The molecule has 0 aliphatic carbocycles. The summed E-state index contributed by atoms with van der Waals surface area (Å²) in [5.74, 6) is 0.343. The Morgan fingerprint density at radius 3 is 2.92 bits per heavy atom. The van der Waals surface area contributed by atoms with E-state index in [-0.39, 0.29) is 6.10 Å². The Kier molecular flexibility index (Phi) is 3.69. The molecule has 0 fully saturated rings. The smallest absolute Gasteiger partial charge is 0.0923 e. The van der Waals surface area contributed by atoms with E-state index in [0.29, 0.717) is 5.92 Å². The number of hydrogen-bond donors (Lipinski definition) is 1. The summed E-state index contributed by atoms with van der Waals surface area (Å²) in [6, 6.07) is 0. The predicted octanol–water partition coefficient (Wildman–Crippen LogP) is 2.61. The van der Waals surface area contributed by atoms with Crippen molar-refractivity contribution in [2.45, 2.75) is 32.8 Å². The molecule has 2 unspecified atom stereocenters. The molecule has 0 aliphatic rings. The van der Waals surface area contributed by atoms with E-state index in [1.54, 1.807) is 11.7 Å². The molecule has 1 aromatic rings. The Morgan fingerprint density at radius 2 is 2.42 bits per heavy atom. The topological polar surface area (TPSA) is 33.1 Å². The summed E-state index contributed by atoms with van der Waals surface area (Å²) in [5.41, 5.74) is 1.76. The summed E-state index contributed by atoms with van der Waals surface area (Å²) in [6.45, 7) is 4.21. The van der Waals surface area contributed by atoms with E-state index in [1.807, 2.05) is 0 Å². The van der Waals surface area contributed by atoms with Crippen LogP contribution in [0.1, 0.15) is 37.7 Å². The van der Waals surface area contributed by atoms with Crippen LogP contribution in [0.25, 0.3) is 0 Å². The second kappa shape index (κ2) is 4.58. The van der Waals surface area contributed by atoms with Crippen molar-refractivity contribution in [1.29, 1.82) is 0 Å².